The lowest BCUT2D eigenvalue weighted by molar-refractivity contribution is -0.152. The molecular weight excluding hydrogens is 408 g/mol. The van der Waals surface area contributed by atoms with Crippen LogP contribution in [0, 0.1) is 23.2 Å². The molecule has 3 nitrogen and oxygen atoms in total. The predicted molar refractivity (Wildman–Crippen MR) is 110 cm³/mol. The van der Waals surface area contributed by atoms with Crippen molar-refractivity contribution in [2.24, 2.45) is 28.2 Å². The molecule has 1 aromatic carbocycles. The Hall–Kier alpha value is -0.810. The van der Waals surface area contributed by atoms with Crippen molar-refractivity contribution < 1.29 is 4.79 Å². The fourth-order valence-electron chi connectivity index (χ4n) is 6.13. The summed E-state index contributed by atoms with van der Waals surface area (Å²) in [4.78, 5) is 20.3. The van der Waals surface area contributed by atoms with E-state index in [0.717, 1.165) is 65.5 Å². The number of benzene rings is 1. The quantitative estimate of drug-likeness (QED) is 0.665. The van der Waals surface area contributed by atoms with E-state index in [0.29, 0.717) is 5.91 Å². The van der Waals surface area contributed by atoms with E-state index < -0.39 is 0 Å². The van der Waals surface area contributed by atoms with Crippen LogP contribution in [0.1, 0.15) is 44.1 Å². The lowest BCUT2D eigenvalue weighted by Gasteiger charge is -2.56. The van der Waals surface area contributed by atoms with Crippen LogP contribution < -0.4 is 0 Å². The summed E-state index contributed by atoms with van der Waals surface area (Å²) in [6.07, 6.45) is 7.56. The van der Waals surface area contributed by atoms with Crippen LogP contribution in [0.25, 0.3) is 0 Å². The summed E-state index contributed by atoms with van der Waals surface area (Å²) in [5.41, 5.74) is 1.22. The first-order valence-electron chi connectivity index (χ1n) is 9.85. The van der Waals surface area contributed by atoms with E-state index in [-0.39, 0.29) is 5.41 Å². The van der Waals surface area contributed by atoms with E-state index in [2.05, 4.69) is 45.2 Å². The number of carbonyl (C=O) groups is 1. The molecule has 5 heteroatoms. The summed E-state index contributed by atoms with van der Waals surface area (Å²) in [5, 5.41) is 0.952. The Balaban J connectivity index is 1.29. The van der Waals surface area contributed by atoms with Crippen LogP contribution in [0.2, 0.25) is 0 Å². The molecule has 0 spiro atoms. The summed E-state index contributed by atoms with van der Waals surface area (Å²) in [6, 6.07) is 8.42. The minimum atomic E-state index is -0.0575. The smallest absolute Gasteiger partial charge is 0.234 e. The molecule has 1 heterocycles. The molecule has 26 heavy (non-hydrogen) atoms. The molecule has 1 aromatic rings. The predicted octanol–water partition coefficient (Wildman–Crippen LogP) is 5.10. The Bertz CT molecular complexity index is 710. The van der Waals surface area contributed by atoms with Gasteiger partial charge in [-0.1, -0.05) is 39.8 Å². The summed E-state index contributed by atoms with van der Waals surface area (Å²) < 4.78 is 1.10. The zero-order chi connectivity index (χ0) is 17.7. The van der Waals surface area contributed by atoms with Gasteiger partial charge in [-0.3, -0.25) is 14.7 Å². The normalized spacial score (nSPS) is 35.0. The molecule has 0 atom stereocenters. The first-order chi connectivity index (χ1) is 12.6. The van der Waals surface area contributed by atoms with Crippen molar-refractivity contribution in [3.05, 3.63) is 34.3 Å². The van der Waals surface area contributed by atoms with Crippen molar-refractivity contribution in [1.82, 2.24) is 4.90 Å². The van der Waals surface area contributed by atoms with Gasteiger partial charge in [0, 0.05) is 16.8 Å². The Morgan fingerprint density at radius 3 is 2.35 bits per heavy atom. The maximum atomic E-state index is 13.6. The molecule has 4 aliphatic carbocycles. The van der Waals surface area contributed by atoms with Gasteiger partial charge in [0.1, 0.15) is 0 Å². The lowest BCUT2D eigenvalue weighted by atomic mass is 9.49. The molecule has 4 bridgehead atoms. The number of thioether (sulfide) groups is 1. The maximum Gasteiger partial charge on any atom is 0.234 e. The summed E-state index contributed by atoms with van der Waals surface area (Å²) in [7, 11) is 0. The molecule has 0 radical (unpaired) electrons. The maximum absolute atomic E-state index is 13.6. The first-order valence-corrected chi connectivity index (χ1v) is 11.6. The first kappa shape index (κ1) is 17.3. The second-order valence-electron chi connectivity index (χ2n) is 8.73. The zero-order valence-electron chi connectivity index (χ0n) is 15.0. The number of aliphatic imine (C=N–C) groups is 1. The van der Waals surface area contributed by atoms with Crippen LogP contribution in [0.5, 0.6) is 0 Å². The number of nitrogens with zero attached hydrogens (tertiary/aromatic N) is 2. The second kappa shape index (κ2) is 6.66. The molecule has 1 amide bonds. The molecule has 5 aliphatic rings. The zero-order valence-corrected chi connectivity index (χ0v) is 17.4. The van der Waals surface area contributed by atoms with Gasteiger partial charge in [-0.2, -0.15) is 0 Å². The fourth-order valence-corrected chi connectivity index (χ4v) is 7.39. The van der Waals surface area contributed by atoms with Crippen molar-refractivity contribution in [2.45, 2.75) is 44.3 Å². The van der Waals surface area contributed by atoms with E-state index in [1.165, 1.54) is 24.8 Å². The number of carbonyl (C=O) groups excluding carboxylic acids is 1. The highest BCUT2D eigenvalue weighted by molar-refractivity contribution is 9.10. The highest BCUT2D eigenvalue weighted by Gasteiger charge is 2.56. The van der Waals surface area contributed by atoms with Crippen LogP contribution in [-0.4, -0.2) is 29.1 Å². The van der Waals surface area contributed by atoms with Gasteiger partial charge in [0.25, 0.3) is 0 Å². The van der Waals surface area contributed by atoms with Gasteiger partial charge in [-0.05, 0) is 74.0 Å². The van der Waals surface area contributed by atoms with E-state index in [1.54, 1.807) is 11.8 Å². The molecule has 0 aromatic heterocycles. The van der Waals surface area contributed by atoms with Crippen LogP contribution in [0.3, 0.4) is 0 Å². The average Bonchev–Trinajstić information content (AvgIpc) is 3.08. The summed E-state index contributed by atoms with van der Waals surface area (Å²) in [5.74, 6) is 3.70. The van der Waals surface area contributed by atoms with Crippen LogP contribution >= 0.6 is 27.7 Å². The molecule has 1 aliphatic heterocycles. The fraction of sp³-hybridized carbons (Fsp3) is 0.619. The average molecular weight is 433 g/mol. The number of hydrogen-bond donors (Lipinski definition) is 0. The third-order valence-electron chi connectivity index (χ3n) is 6.82. The Morgan fingerprint density at radius 2 is 1.73 bits per heavy atom. The van der Waals surface area contributed by atoms with Gasteiger partial charge in [-0.25, -0.2) is 0 Å². The number of amidine groups is 1. The van der Waals surface area contributed by atoms with Crippen molar-refractivity contribution in [3.63, 3.8) is 0 Å². The van der Waals surface area contributed by atoms with E-state index >= 15 is 0 Å². The largest absolute Gasteiger partial charge is 0.289 e. The van der Waals surface area contributed by atoms with Crippen LogP contribution in [0.15, 0.2) is 33.7 Å². The highest BCUT2D eigenvalue weighted by Crippen LogP contribution is 2.60. The van der Waals surface area contributed by atoms with Crippen molar-refractivity contribution in [2.75, 3.05) is 13.1 Å². The van der Waals surface area contributed by atoms with Crippen molar-refractivity contribution in [3.8, 4) is 0 Å². The van der Waals surface area contributed by atoms with Crippen molar-refractivity contribution >= 4 is 38.8 Å². The molecule has 0 unspecified atom stereocenters. The molecule has 0 saturated heterocycles. The minimum Gasteiger partial charge on any atom is -0.289 e. The van der Waals surface area contributed by atoms with Crippen molar-refractivity contribution in [1.29, 1.82) is 0 Å². The topological polar surface area (TPSA) is 32.7 Å². The molecular formula is C21H25BrN2OS. The molecule has 0 N–H and O–H groups in total. The van der Waals surface area contributed by atoms with Gasteiger partial charge < -0.3 is 0 Å². The minimum absolute atomic E-state index is 0.0575. The number of amides is 1. The summed E-state index contributed by atoms with van der Waals surface area (Å²) >= 11 is 5.21. The molecule has 4 fully saturated rings. The molecule has 6 rings (SSSR count). The Kier molecular flexibility index (Phi) is 4.43. The number of rotatable bonds is 3. The molecule has 138 valence electrons. The van der Waals surface area contributed by atoms with Gasteiger partial charge in [-0.15, -0.1) is 0 Å². The van der Waals surface area contributed by atoms with E-state index in [9.17, 15) is 4.79 Å². The van der Waals surface area contributed by atoms with Crippen LogP contribution in [-0.2, 0) is 10.5 Å². The van der Waals surface area contributed by atoms with Gasteiger partial charge >= 0.3 is 0 Å². The van der Waals surface area contributed by atoms with Gasteiger partial charge in [0.05, 0.1) is 12.0 Å². The van der Waals surface area contributed by atoms with Crippen LogP contribution in [0.4, 0.5) is 0 Å². The standard InChI is InChI=1S/C21H25BrN2OS/c22-18-3-1-14(2-4-18)13-26-20-23-5-6-24(20)19(25)21-10-15-7-16(11-21)9-17(8-15)12-21/h1-4,15-17H,5-13H2. The Labute approximate surface area is 168 Å². The highest BCUT2D eigenvalue weighted by atomic mass is 79.9. The number of halogens is 1. The van der Waals surface area contributed by atoms with Gasteiger partial charge in [0.2, 0.25) is 5.91 Å². The lowest BCUT2D eigenvalue weighted by Crippen LogP contribution is -2.55. The number of hydrogen-bond acceptors (Lipinski definition) is 3. The third-order valence-corrected chi connectivity index (χ3v) is 8.43. The van der Waals surface area contributed by atoms with E-state index in [1.807, 2.05) is 4.90 Å². The third kappa shape index (κ3) is 3.05. The van der Waals surface area contributed by atoms with Gasteiger partial charge in [0.15, 0.2) is 5.17 Å². The SMILES string of the molecule is O=C(N1CCN=C1SCc1ccc(Br)cc1)C12CC3CC(CC(C3)C1)C2. The summed E-state index contributed by atoms with van der Waals surface area (Å²) in [6.45, 7) is 1.55. The molecule has 4 saturated carbocycles. The monoisotopic (exact) mass is 432 g/mol. The van der Waals surface area contributed by atoms with E-state index in [4.69, 9.17) is 0 Å². The Morgan fingerprint density at radius 1 is 1.12 bits per heavy atom. The second-order valence-corrected chi connectivity index (χ2v) is 10.6.